The van der Waals surface area contributed by atoms with Crippen molar-refractivity contribution in [2.45, 2.75) is 11.7 Å². The third kappa shape index (κ3) is 5.20. The molecule has 0 bridgehead atoms. The van der Waals surface area contributed by atoms with E-state index in [0.29, 0.717) is 0 Å². The summed E-state index contributed by atoms with van der Waals surface area (Å²) in [6.45, 7) is 0. The first-order chi connectivity index (χ1) is 9.61. The number of halogens is 5. The van der Waals surface area contributed by atoms with Crippen molar-refractivity contribution in [2.24, 2.45) is 27.2 Å². The minimum atomic E-state index is -4.26. The van der Waals surface area contributed by atoms with E-state index in [1.807, 2.05) is 0 Å². The minimum absolute atomic E-state index is 0.0534. The van der Waals surface area contributed by atoms with Crippen LogP contribution in [0.3, 0.4) is 0 Å². The van der Waals surface area contributed by atoms with E-state index in [-0.39, 0.29) is 22.6 Å². The summed E-state index contributed by atoms with van der Waals surface area (Å²) in [7, 11) is 0. The van der Waals surface area contributed by atoms with Crippen LogP contribution in [0.2, 0.25) is 5.02 Å². The molecule has 1 atom stereocenters. The van der Waals surface area contributed by atoms with Crippen molar-refractivity contribution < 1.29 is 17.9 Å². The molecule has 0 saturated carbocycles. The first-order valence-corrected chi connectivity index (χ1v) is 6.01. The first kappa shape index (κ1) is 17.2. The van der Waals surface area contributed by atoms with Gasteiger partial charge in [0.2, 0.25) is 5.96 Å². The molecule has 6 N–H and O–H groups in total. The maximum atomic E-state index is 13.1. The average Bonchev–Trinajstić information content (AvgIpc) is 2.31. The number of benzene rings is 1. The molecule has 0 aliphatic carbocycles. The zero-order valence-electron chi connectivity index (χ0n) is 10.2. The van der Waals surface area contributed by atoms with Crippen molar-refractivity contribution in [1.82, 2.24) is 0 Å². The molecule has 0 aliphatic heterocycles. The van der Waals surface area contributed by atoms with Crippen molar-refractivity contribution in [1.29, 1.82) is 0 Å². The lowest BCUT2D eigenvalue weighted by Gasteiger charge is -2.18. The molecule has 21 heavy (non-hydrogen) atoms. The summed E-state index contributed by atoms with van der Waals surface area (Å²) in [6, 6.07) is 3.51. The Morgan fingerprint density at radius 1 is 1.29 bits per heavy atom. The molecule has 1 aromatic carbocycles. The number of rotatable bonds is 4. The summed E-state index contributed by atoms with van der Waals surface area (Å²) in [4.78, 5) is 7.14. The van der Waals surface area contributed by atoms with E-state index in [1.54, 1.807) is 0 Å². The summed E-state index contributed by atoms with van der Waals surface area (Å²) in [6.07, 6.45) is -4.26. The highest BCUT2D eigenvalue weighted by molar-refractivity contribution is 6.32. The van der Waals surface area contributed by atoms with Crippen molar-refractivity contribution in [3.05, 3.63) is 23.2 Å². The molecule has 0 aromatic heterocycles. The van der Waals surface area contributed by atoms with Gasteiger partial charge in [0.1, 0.15) is 5.75 Å². The largest absolute Gasteiger partial charge is 0.444 e. The summed E-state index contributed by atoms with van der Waals surface area (Å²) in [5.41, 5.74) is 12.5. The van der Waals surface area contributed by atoms with Crippen LogP contribution in [0.4, 0.5) is 18.9 Å². The maximum absolute atomic E-state index is 13.1. The van der Waals surface area contributed by atoms with Gasteiger partial charge >= 0.3 is 6.11 Å². The first-order valence-electron chi connectivity index (χ1n) is 5.20. The summed E-state index contributed by atoms with van der Waals surface area (Å²) in [5.74, 6) is -1.20. The minimum Gasteiger partial charge on any atom is -0.428 e. The van der Waals surface area contributed by atoms with Gasteiger partial charge in [-0.3, -0.25) is 0 Å². The van der Waals surface area contributed by atoms with Crippen molar-refractivity contribution in [2.75, 3.05) is 0 Å². The summed E-state index contributed by atoms with van der Waals surface area (Å²) >= 11 is 10.3. The second-order valence-electron chi connectivity index (χ2n) is 3.59. The SMILES string of the molecule is NC(N)=NC(N)=Nc1ccc(Cl)c(OC(F)(F)C(F)Cl)c1. The third-order valence-electron chi connectivity index (χ3n) is 1.90. The zero-order valence-corrected chi connectivity index (χ0v) is 11.7. The molecule has 6 nitrogen and oxygen atoms in total. The average molecular weight is 344 g/mol. The molecule has 0 saturated heterocycles. The van der Waals surface area contributed by atoms with Gasteiger partial charge in [0.05, 0.1) is 10.7 Å². The van der Waals surface area contributed by atoms with Crippen LogP contribution in [0.15, 0.2) is 28.2 Å². The number of hydrogen-bond donors (Lipinski definition) is 3. The molecule has 0 amide bonds. The number of nitrogens with two attached hydrogens (primary N) is 3. The fourth-order valence-electron chi connectivity index (χ4n) is 1.12. The molecule has 1 rings (SSSR count). The number of ether oxygens (including phenoxy) is 1. The normalized spacial score (nSPS) is 13.7. The van der Waals surface area contributed by atoms with E-state index >= 15 is 0 Å². The molecular formula is C10H10Cl2F3N5O. The standard InChI is InChI=1S/C10H10Cl2F3N5O/c11-5-2-1-4(19-9(18)20-8(16)17)3-6(5)21-10(14,15)7(12)13/h1-3,7H,(H6,16,17,18,19,20). The number of guanidine groups is 2. The molecule has 116 valence electrons. The second-order valence-corrected chi connectivity index (χ2v) is 4.38. The number of aliphatic imine (C=N–C) groups is 2. The maximum Gasteiger partial charge on any atom is 0.444 e. The van der Waals surface area contributed by atoms with Crippen molar-refractivity contribution >= 4 is 40.8 Å². The van der Waals surface area contributed by atoms with Crippen LogP contribution in [0, 0.1) is 0 Å². The number of alkyl halides is 4. The fourth-order valence-corrected chi connectivity index (χ4v) is 1.32. The predicted molar refractivity (Wildman–Crippen MR) is 74.9 cm³/mol. The molecule has 11 heteroatoms. The van der Waals surface area contributed by atoms with E-state index in [9.17, 15) is 13.2 Å². The highest BCUT2D eigenvalue weighted by Gasteiger charge is 2.42. The van der Waals surface area contributed by atoms with Crippen LogP contribution < -0.4 is 21.9 Å². The molecule has 0 fully saturated rings. The predicted octanol–water partition coefficient (Wildman–Crippen LogP) is 2.07. The molecular weight excluding hydrogens is 334 g/mol. The topological polar surface area (TPSA) is 112 Å². The van der Waals surface area contributed by atoms with Gasteiger partial charge in [-0.25, -0.2) is 9.38 Å². The molecule has 1 aromatic rings. The Morgan fingerprint density at radius 3 is 2.43 bits per heavy atom. The van der Waals surface area contributed by atoms with E-state index < -0.39 is 17.5 Å². The monoisotopic (exact) mass is 343 g/mol. The zero-order chi connectivity index (χ0) is 16.2. The third-order valence-corrected chi connectivity index (χ3v) is 2.47. The van der Waals surface area contributed by atoms with Gasteiger partial charge in [-0.05, 0) is 12.1 Å². The fraction of sp³-hybridized carbons (Fsp3) is 0.200. The van der Waals surface area contributed by atoms with Gasteiger partial charge in [0, 0.05) is 6.07 Å². The van der Waals surface area contributed by atoms with Crippen LogP contribution in [-0.4, -0.2) is 23.7 Å². The van der Waals surface area contributed by atoms with E-state index in [0.717, 1.165) is 6.07 Å². The second kappa shape index (κ2) is 6.72. The quantitative estimate of drug-likeness (QED) is 0.441. The van der Waals surface area contributed by atoms with Gasteiger partial charge in [-0.1, -0.05) is 23.2 Å². The van der Waals surface area contributed by atoms with Crippen molar-refractivity contribution in [3.8, 4) is 5.75 Å². The molecule has 0 radical (unpaired) electrons. The van der Waals surface area contributed by atoms with Crippen LogP contribution in [0.5, 0.6) is 5.75 Å². The summed E-state index contributed by atoms with van der Waals surface area (Å²) < 4.78 is 42.8. The Morgan fingerprint density at radius 2 is 1.90 bits per heavy atom. The molecule has 0 spiro atoms. The molecule has 1 unspecified atom stereocenters. The lowest BCUT2D eigenvalue weighted by atomic mass is 10.3. The number of nitrogens with zero attached hydrogens (tertiary/aromatic N) is 2. The van der Waals surface area contributed by atoms with E-state index in [2.05, 4.69) is 26.3 Å². The Kier molecular flexibility index (Phi) is 5.50. The van der Waals surface area contributed by atoms with Crippen LogP contribution in [-0.2, 0) is 0 Å². The van der Waals surface area contributed by atoms with E-state index in [4.69, 9.17) is 28.8 Å². The van der Waals surface area contributed by atoms with E-state index in [1.165, 1.54) is 12.1 Å². The Bertz CT molecular complexity index is 576. The Balaban J connectivity index is 3.09. The highest BCUT2D eigenvalue weighted by Crippen LogP contribution is 2.35. The smallest absolute Gasteiger partial charge is 0.428 e. The van der Waals surface area contributed by atoms with Crippen molar-refractivity contribution in [3.63, 3.8) is 0 Å². The van der Waals surface area contributed by atoms with Gasteiger partial charge in [-0.2, -0.15) is 13.8 Å². The Hall–Kier alpha value is -1.87. The Labute approximate surface area is 127 Å². The lowest BCUT2D eigenvalue weighted by Crippen LogP contribution is -2.32. The van der Waals surface area contributed by atoms with Gasteiger partial charge in [-0.15, -0.1) is 0 Å². The molecule has 0 aliphatic rings. The molecule has 0 heterocycles. The van der Waals surface area contributed by atoms with Crippen LogP contribution >= 0.6 is 23.2 Å². The van der Waals surface area contributed by atoms with Gasteiger partial charge in [0.15, 0.2) is 5.96 Å². The van der Waals surface area contributed by atoms with Crippen LogP contribution in [0.25, 0.3) is 0 Å². The lowest BCUT2D eigenvalue weighted by molar-refractivity contribution is -0.198. The summed E-state index contributed by atoms with van der Waals surface area (Å²) in [5, 5.41) is -0.202. The highest BCUT2D eigenvalue weighted by atomic mass is 35.5. The van der Waals surface area contributed by atoms with Gasteiger partial charge in [0.25, 0.3) is 5.63 Å². The van der Waals surface area contributed by atoms with Gasteiger partial charge < -0.3 is 21.9 Å². The number of hydrogen-bond acceptors (Lipinski definition) is 2. The van der Waals surface area contributed by atoms with Crippen LogP contribution in [0.1, 0.15) is 0 Å².